The first-order valence-corrected chi connectivity index (χ1v) is 10.5. The molecule has 160 valence electrons. The first-order chi connectivity index (χ1) is 16.2. The number of pyridine rings is 2. The van der Waals surface area contributed by atoms with Crippen molar-refractivity contribution in [3.05, 3.63) is 114 Å². The molecule has 0 atom stereocenters. The molecule has 6 heteroatoms. The maximum absolute atomic E-state index is 12.9. The summed E-state index contributed by atoms with van der Waals surface area (Å²) in [6.45, 7) is 0.306. The van der Waals surface area contributed by atoms with E-state index in [4.69, 9.17) is 0 Å². The molecule has 0 radical (unpaired) electrons. The van der Waals surface area contributed by atoms with Crippen molar-refractivity contribution in [2.45, 2.75) is 6.54 Å². The van der Waals surface area contributed by atoms with Crippen LogP contribution in [-0.2, 0) is 6.54 Å². The average Bonchev–Trinajstić information content (AvgIpc) is 2.87. The Balaban J connectivity index is 1.30. The topological polar surface area (TPSA) is 84.0 Å². The van der Waals surface area contributed by atoms with Crippen LogP contribution < -0.4 is 10.6 Å². The number of aromatic nitrogens is 2. The van der Waals surface area contributed by atoms with E-state index in [2.05, 4.69) is 20.6 Å². The number of anilines is 1. The van der Waals surface area contributed by atoms with E-state index in [-0.39, 0.29) is 11.8 Å². The third-order valence-electron chi connectivity index (χ3n) is 5.42. The molecule has 0 fully saturated rings. The summed E-state index contributed by atoms with van der Waals surface area (Å²) < 4.78 is 0. The van der Waals surface area contributed by atoms with Gasteiger partial charge in [0.05, 0.1) is 0 Å². The second-order valence-electron chi connectivity index (χ2n) is 7.60. The number of nitrogens with one attached hydrogen (secondary N) is 2. The number of carbonyl (C=O) groups excluding carboxylic acids is 2. The van der Waals surface area contributed by atoms with Gasteiger partial charge in [-0.25, -0.2) is 0 Å². The van der Waals surface area contributed by atoms with Crippen molar-refractivity contribution >= 4 is 39.0 Å². The number of hydrogen-bond acceptors (Lipinski definition) is 4. The maximum Gasteiger partial charge on any atom is 0.274 e. The van der Waals surface area contributed by atoms with Crippen LogP contribution in [0, 0.1) is 0 Å². The molecule has 0 aliphatic carbocycles. The van der Waals surface area contributed by atoms with Gasteiger partial charge >= 0.3 is 0 Å². The van der Waals surface area contributed by atoms with Crippen molar-refractivity contribution in [1.82, 2.24) is 15.3 Å². The van der Waals surface area contributed by atoms with Crippen LogP contribution in [0.2, 0.25) is 0 Å². The van der Waals surface area contributed by atoms with Gasteiger partial charge in [0.1, 0.15) is 11.4 Å². The van der Waals surface area contributed by atoms with Gasteiger partial charge in [-0.15, -0.1) is 0 Å². The lowest BCUT2D eigenvalue weighted by Gasteiger charge is -2.10. The van der Waals surface area contributed by atoms with Crippen molar-refractivity contribution in [3.63, 3.8) is 0 Å². The molecule has 2 aromatic heterocycles. The van der Waals surface area contributed by atoms with E-state index in [1.54, 1.807) is 18.5 Å². The number of amides is 2. The van der Waals surface area contributed by atoms with Gasteiger partial charge in [0, 0.05) is 35.4 Å². The lowest BCUT2D eigenvalue weighted by molar-refractivity contribution is 0.0946. The van der Waals surface area contributed by atoms with E-state index >= 15 is 0 Å². The Hall–Kier alpha value is -4.58. The van der Waals surface area contributed by atoms with E-state index in [1.165, 1.54) is 0 Å². The molecule has 2 N–H and O–H groups in total. The van der Waals surface area contributed by atoms with E-state index in [0.29, 0.717) is 23.6 Å². The molecule has 0 saturated heterocycles. The van der Waals surface area contributed by atoms with Crippen molar-refractivity contribution in [2.24, 2.45) is 0 Å². The van der Waals surface area contributed by atoms with Gasteiger partial charge in [-0.3, -0.25) is 19.6 Å². The number of hydrogen-bond donors (Lipinski definition) is 2. The summed E-state index contributed by atoms with van der Waals surface area (Å²) in [6.07, 6.45) is 3.26. The highest BCUT2D eigenvalue weighted by molar-refractivity contribution is 6.11. The number of rotatable bonds is 5. The van der Waals surface area contributed by atoms with Crippen LogP contribution in [0.1, 0.15) is 26.5 Å². The molecule has 0 bridgehead atoms. The fourth-order valence-electron chi connectivity index (χ4n) is 3.82. The molecule has 0 aliphatic rings. The fraction of sp³-hybridized carbons (Fsp3) is 0.0370. The van der Waals surface area contributed by atoms with Gasteiger partial charge in [-0.05, 0) is 40.6 Å². The highest BCUT2D eigenvalue weighted by atomic mass is 16.2. The predicted octanol–water partition coefficient (Wildman–Crippen LogP) is 4.97. The Kier molecular flexibility index (Phi) is 5.47. The minimum atomic E-state index is -0.284. The molecule has 33 heavy (non-hydrogen) atoms. The quantitative estimate of drug-likeness (QED) is 0.411. The van der Waals surface area contributed by atoms with Crippen LogP contribution in [0.3, 0.4) is 0 Å². The first-order valence-electron chi connectivity index (χ1n) is 10.5. The summed E-state index contributed by atoms with van der Waals surface area (Å²) in [7, 11) is 0. The largest absolute Gasteiger partial charge is 0.347 e. The van der Waals surface area contributed by atoms with Gasteiger partial charge in [-0.1, -0.05) is 60.7 Å². The van der Waals surface area contributed by atoms with Crippen LogP contribution in [0.25, 0.3) is 21.5 Å². The standard InChI is InChI=1S/C27H20N4O2/c32-26(24-22-10-3-1-7-19(22)12-14-28-24)30-17-18-6-5-9-21(16-18)31-27(33)25-23-11-4-2-8-20(23)13-15-29-25/h1-16H,17H2,(H,30,32)(H,31,33). The predicted molar refractivity (Wildman–Crippen MR) is 129 cm³/mol. The van der Waals surface area contributed by atoms with Crippen LogP contribution in [0.4, 0.5) is 5.69 Å². The van der Waals surface area contributed by atoms with Crippen molar-refractivity contribution in [1.29, 1.82) is 0 Å². The Morgan fingerprint density at radius 1 is 0.667 bits per heavy atom. The first kappa shape index (κ1) is 20.3. The molecular weight excluding hydrogens is 412 g/mol. The number of fused-ring (bicyclic) bond motifs is 2. The van der Waals surface area contributed by atoms with E-state index in [9.17, 15) is 9.59 Å². The summed E-state index contributed by atoms with van der Waals surface area (Å²) in [4.78, 5) is 34.1. The van der Waals surface area contributed by atoms with Gasteiger partial charge in [-0.2, -0.15) is 0 Å². The monoisotopic (exact) mass is 432 g/mol. The van der Waals surface area contributed by atoms with E-state index < -0.39 is 0 Å². The third-order valence-corrected chi connectivity index (χ3v) is 5.42. The molecule has 5 rings (SSSR count). The van der Waals surface area contributed by atoms with E-state index in [1.807, 2.05) is 78.9 Å². The highest BCUT2D eigenvalue weighted by Gasteiger charge is 2.13. The fourth-order valence-corrected chi connectivity index (χ4v) is 3.82. The third kappa shape index (κ3) is 4.27. The molecule has 0 unspecified atom stereocenters. The van der Waals surface area contributed by atoms with Gasteiger partial charge in [0.15, 0.2) is 0 Å². The van der Waals surface area contributed by atoms with Crippen molar-refractivity contribution in [3.8, 4) is 0 Å². The zero-order valence-electron chi connectivity index (χ0n) is 17.7. The minimum Gasteiger partial charge on any atom is -0.347 e. The average molecular weight is 432 g/mol. The number of carbonyl (C=O) groups is 2. The summed E-state index contributed by atoms with van der Waals surface area (Å²) in [5.41, 5.74) is 2.24. The normalized spacial score (nSPS) is 10.8. The van der Waals surface area contributed by atoms with Crippen LogP contribution in [0.15, 0.2) is 97.3 Å². The zero-order chi connectivity index (χ0) is 22.6. The van der Waals surface area contributed by atoms with Crippen LogP contribution in [0.5, 0.6) is 0 Å². The molecular formula is C27H20N4O2. The molecule has 3 aromatic carbocycles. The molecule has 0 spiro atoms. The minimum absolute atomic E-state index is 0.249. The Labute approximate surface area is 190 Å². The van der Waals surface area contributed by atoms with Crippen molar-refractivity contribution in [2.75, 3.05) is 5.32 Å². The zero-order valence-corrected chi connectivity index (χ0v) is 17.7. The second-order valence-corrected chi connectivity index (χ2v) is 7.60. The molecule has 0 saturated carbocycles. The number of nitrogens with zero attached hydrogens (tertiary/aromatic N) is 2. The van der Waals surface area contributed by atoms with Crippen LogP contribution >= 0.6 is 0 Å². The lowest BCUT2D eigenvalue weighted by Crippen LogP contribution is -2.24. The molecule has 2 heterocycles. The smallest absolute Gasteiger partial charge is 0.274 e. The Bertz CT molecular complexity index is 1490. The van der Waals surface area contributed by atoms with Gasteiger partial charge in [0.25, 0.3) is 11.8 Å². The van der Waals surface area contributed by atoms with Gasteiger partial charge < -0.3 is 10.6 Å². The second kappa shape index (κ2) is 8.88. The number of benzene rings is 3. The molecule has 6 nitrogen and oxygen atoms in total. The summed E-state index contributed by atoms with van der Waals surface area (Å²) in [5, 5.41) is 9.34. The summed E-state index contributed by atoms with van der Waals surface area (Å²) in [6, 6.07) is 26.4. The highest BCUT2D eigenvalue weighted by Crippen LogP contribution is 2.19. The summed E-state index contributed by atoms with van der Waals surface area (Å²) >= 11 is 0. The maximum atomic E-state index is 12.9. The Morgan fingerprint density at radius 2 is 1.27 bits per heavy atom. The summed E-state index contributed by atoms with van der Waals surface area (Å²) in [5.74, 6) is -0.533. The molecule has 5 aromatic rings. The van der Waals surface area contributed by atoms with Gasteiger partial charge in [0.2, 0.25) is 0 Å². The van der Waals surface area contributed by atoms with E-state index in [0.717, 1.165) is 27.1 Å². The van der Waals surface area contributed by atoms with Crippen molar-refractivity contribution < 1.29 is 9.59 Å². The Morgan fingerprint density at radius 3 is 1.94 bits per heavy atom. The van der Waals surface area contributed by atoms with Crippen LogP contribution in [-0.4, -0.2) is 21.8 Å². The molecule has 2 amide bonds. The lowest BCUT2D eigenvalue weighted by atomic mass is 10.1. The SMILES string of the molecule is O=C(NCc1cccc(NC(=O)c2nccc3ccccc23)c1)c1nccc2ccccc12. The molecule has 0 aliphatic heterocycles.